The maximum absolute atomic E-state index is 12.3. The highest BCUT2D eigenvalue weighted by atomic mass is 32.2. The average Bonchev–Trinajstić information content (AvgIpc) is 2.40. The van der Waals surface area contributed by atoms with Crippen molar-refractivity contribution in [3.05, 3.63) is 60.3 Å². The molecule has 0 radical (unpaired) electrons. The van der Waals surface area contributed by atoms with Gasteiger partial charge in [-0.05, 0) is 17.7 Å². The minimum atomic E-state index is -2.77. The maximum Gasteiger partial charge on any atom is 0.258 e. The van der Waals surface area contributed by atoms with Crippen LogP contribution in [0.3, 0.4) is 0 Å². The summed E-state index contributed by atoms with van der Waals surface area (Å²) in [6, 6.07) is 14.3. The van der Waals surface area contributed by atoms with Crippen molar-refractivity contribution >= 4 is 15.6 Å². The van der Waals surface area contributed by atoms with Crippen LogP contribution in [-0.2, 0) is 20.9 Å². The van der Waals surface area contributed by atoms with Gasteiger partial charge in [-0.1, -0.05) is 36.4 Å². The van der Waals surface area contributed by atoms with Gasteiger partial charge in [-0.2, -0.15) is 4.36 Å². The number of pyridine rings is 1. The average molecular weight is 274 g/mol. The molecule has 0 aliphatic carbocycles. The van der Waals surface area contributed by atoms with Crippen LogP contribution in [0.1, 0.15) is 5.56 Å². The van der Waals surface area contributed by atoms with Crippen LogP contribution in [0, 0.1) is 0 Å². The Labute approximate surface area is 112 Å². The van der Waals surface area contributed by atoms with Gasteiger partial charge >= 0.3 is 0 Å². The minimum absolute atomic E-state index is 0.151. The first-order valence-corrected chi connectivity index (χ1v) is 7.70. The predicted octanol–water partition coefficient (Wildman–Crippen LogP) is 2.31. The summed E-state index contributed by atoms with van der Waals surface area (Å²) in [6.45, 7) is 0. The molecule has 0 spiro atoms. The number of benzene rings is 1. The van der Waals surface area contributed by atoms with Crippen molar-refractivity contribution in [1.29, 1.82) is 0 Å². The van der Waals surface area contributed by atoms with Crippen LogP contribution in [0.4, 0.5) is 0 Å². The van der Waals surface area contributed by atoms with Crippen molar-refractivity contribution in [3.8, 4) is 0 Å². The second-order valence-corrected chi connectivity index (χ2v) is 6.32. The summed E-state index contributed by atoms with van der Waals surface area (Å²) >= 11 is 0. The zero-order chi connectivity index (χ0) is 13.7. The molecule has 0 saturated heterocycles. The number of nitrogens with zero attached hydrogens (tertiary/aromatic N) is 2. The van der Waals surface area contributed by atoms with Gasteiger partial charge in [0.1, 0.15) is 5.03 Å². The molecule has 4 nitrogen and oxygen atoms in total. The van der Waals surface area contributed by atoms with E-state index in [1.165, 1.54) is 12.5 Å². The fourth-order valence-corrected chi connectivity index (χ4v) is 2.75. The van der Waals surface area contributed by atoms with Crippen LogP contribution >= 0.6 is 0 Å². The van der Waals surface area contributed by atoms with Crippen LogP contribution in [0.5, 0.6) is 0 Å². The molecule has 1 unspecified atom stereocenters. The lowest BCUT2D eigenvalue weighted by atomic mass is 10.1. The van der Waals surface area contributed by atoms with E-state index >= 15 is 0 Å². The number of hydrogen-bond acceptors (Lipinski definition) is 3. The summed E-state index contributed by atoms with van der Waals surface area (Å²) in [5, 5.41) is 0.330. The van der Waals surface area contributed by atoms with E-state index in [1.54, 1.807) is 18.2 Å². The lowest BCUT2D eigenvalue weighted by Crippen LogP contribution is -2.07. The van der Waals surface area contributed by atoms with Gasteiger partial charge in [0.25, 0.3) is 5.91 Å². The highest BCUT2D eigenvalue weighted by molar-refractivity contribution is 7.93. The second-order valence-electron chi connectivity index (χ2n) is 4.12. The number of aromatic nitrogens is 1. The first-order chi connectivity index (χ1) is 9.08. The van der Waals surface area contributed by atoms with E-state index in [0.29, 0.717) is 5.03 Å². The van der Waals surface area contributed by atoms with E-state index in [0.717, 1.165) is 5.56 Å². The fourth-order valence-electron chi connectivity index (χ4n) is 1.61. The zero-order valence-corrected chi connectivity index (χ0v) is 11.3. The van der Waals surface area contributed by atoms with Crippen LogP contribution < -0.4 is 0 Å². The number of amides is 1. The van der Waals surface area contributed by atoms with Gasteiger partial charge in [0.15, 0.2) is 0 Å². The maximum atomic E-state index is 12.3. The Bertz CT molecular complexity index is 675. The Kier molecular flexibility index (Phi) is 4.06. The molecule has 1 amide bonds. The van der Waals surface area contributed by atoms with Crippen molar-refractivity contribution in [3.63, 3.8) is 0 Å². The molecule has 19 heavy (non-hydrogen) atoms. The quantitative estimate of drug-likeness (QED) is 0.863. The SMILES string of the molecule is CS(=O)(=NC(=O)Cc1ccccc1)c1ccccn1. The third-order valence-corrected chi connectivity index (χ3v) is 4.07. The molecule has 1 atom stereocenters. The molecule has 1 aromatic heterocycles. The minimum Gasteiger partial charge on any atom is -0.272 e. The third-order valence-electron chi connectivity index (χ3n) is 2.50. The molecule has 2 rings (SSSR count). The van der Waals surface area contributed by atoms with E-state index in [-0.39, 0.29) is 6.42 Å². The molecular weight excluding hydrogens is 260 g/mol. The Morgan fingerprint density at radius 3 is 2.47 bits per heavy atom. The molecule has 0 N–H and O–H groups in total. The molecule has 1 heterocycles. The highest BCUT2D eigenvalue weighted by Crippen LogP contribution is 2.09. The van der Waals surface area contributed by atoms with Gasteiger partial charge in [-0.15, -0.1) is 0 Å². The topological polar surface area (TPSA) is 59.4 Å². The molecule has 1 aromatic carbocycles. The smallest absolute Gasteiger partial charge is 0.258 e. The molecule has 2 aromatic rings. The zero-order valence-electron chi connectivity index (χ0n) is 10.5. The van der Waals surface area contributed by atoms with Crippen molar-refractivity contribution < 1.29 is 9.00 Å². The van der Waals surface area contributed by atoms with Gasteiger partial charge in [0, 0.05) is 12.5 Å². The van der Waals surface area contributed by atoms with E-state index < -0.39 is 15.6 Å². The standard InChI is InChI=1S/C14H14N2O2S/c1-19(18,14-9-5-6-10-15-14)16-13(17)11-12-7-3-2-4-8-12/h2-10H,11H2,1H3. The van der Waals surface area contributed by atoms with Crippen molar-refractivity contribution in [1.82, 2.24) is 4.98 Å². The van der Waals surface area contributed by atoms with Crippen molar-refractivity contribution in [2.45, 2.75) is 11.4 Å². The van der Waals surface area contributed by atoms with E-state index in [1.807, 2.05) is 30.3 Å². The molecule has 5 heteroatoms. The Morgan fingerprint density at radius 1 is 1.16 bits per heavy atom. The summed E-state index contributed by atoms with van der Waals surface area (Å²) in [5.41, 5.74) is 0.854. The molecule has 0 fully saturated rings. The molecule has 0 aliphatic rings. The number of rotatable bonds is 3. The summed E-state index contributed by atoms with van der Waals surface area (Å²) < 4.78 is 16.1. The van der Waals surface area contributed by atoms with Gasteiger partial charge in [-0.25, -0.2) is 9.19 Å². The first-order valence-electron chi connectivity index (χ1n) is 5.78. The number of carbonyl (C=O) groups excluding carboxylic acids is 1. The van der Waals surface area contributed by atoms with Gasteiger partial charge in [0.05, 0.1) is 16.1 Å². The van der Waals surface area contributed by atoms with E-state index in [2.05, 4.69) is 9.35 Å². The Hall–Kier alpha value is -2.01. The third kappa shape index (κ3) is 3.72. The van der Waals surface area contributed by atoms with Gasteiger partial charge < -0.3 is 0 Å². The summed E-state index contributed by atoms with van der Waals surface area (Å²) in [7, 11) is -2.77. The van der Waals surface area contributed by atoms with E-state index in [4.69, 9.17) is 0 Å². The molecule has 0 aliphatic heterocycles. The normalized spacial score (nSPS) is 13.5. The van der Waals surface area contributed by atoms with Crippen LogP contribution in [0.25, 0.3) is 0 Å². The number of hydrogen-bond donors (Lipinski definition) is 0. The molecule has 98 valence electrons. The molecule has 0 saturated carbocycles. The van der Waals surface area contributed by atoms with Crippen LogP contribution in [0.15, 0.2) is 64.1 Å². The van der Waals surface area contributed by atoms with Crippen molar-refractivity contribution in [2.75, 3.05) is 6.26 Å². The lowest BCUT2D eigenvalue weighted by molar-refractivity contribution is -0.117. The lowest BCUT2D eigenvalue weighted by Gasteiger charge is -2.02. The Balaban J connectivity index is 2.21. The predicted molar refractivity (Wildman–Crippen MR) is 74.2 cm³/mol. The highest BCUT2D eigenvalue weighted by Gasteiger charge is 2.10. The monoisotopic (exact) mass is 274 g/mol. The molecular formula is C14H14N2O2S. The summed E-state index contributed by atoms with van der Waals surface area (Å²) in [6.07, 6.45) is 3.12. The van der Waals surface area contributed by atoms with Crippen LogP contribution in [0.2, 0.25) is 0 Å². The van der Waals surface area contributed by atoms with Crippen LogP contribution in [-0.4, -0.2) is 21.4 Å². The molecule has 0 bridgehead atoms. The number of carbonyl (C=O) groups is 1. The van der Waals surface area contributed by atoms with Crippen molar-refractivity contribution in [2.24, 2.45) is 4.36 Å². The largest absolute Gasteiger partial charge is 0.272 e. The summed E-state index contributed by atoms with van der Waals surface area (Å²) in [5.74, 6) is -0.399. The Morgan fingerprint density at radius 2 is 1.84 bits per heavy atom. The van der Waals surface area contributed by atoms with E-state index in [9.17, 15) is 9.00 Å². The fraction of sp³-hybridized carbons (Fsp3) is 0.143. The van der Waals surface area contributed by atoms with Gasteiger partial charge in [0.2, 0.25) is 0 Å². The van der Waals surface area contributed by atoms with Gasteiger partial charge in [-0.3, -0.25) is 4.79 Å². The second kappa shape index (κ2) is 5.75. The summed E-state index contributed by atoms with van der Waals surface area (Å²) in [4.78, 5) is 15.8. The first kappa shape index (κ1) is 13.4.